The molecule has 1 N–H and O–H groups in total. The molecule has 0 aliphatic carbocycles. The van der Waals surface area contributed by atoms with Crippen molar-refractivity contribution in [3.63, 3.8) is 0 Å². The number of fused-ring (bicyclic) bond motifs is 3. The molecule has 2 aromatic rings. The Labute approximate surface area is 114 Å². The first-order chi connectivity index (χ1) is 8.89. The van der Waals surface area contributed by atoms with Gasteiger partial charge in [0.15, 0.2) is 0 Å². The lowest BCUT2D eigenvalue weighted by atomic mass is 9.97. The second kappa shape index (κ2) is 3.89. The number of hydrogen-bond donors (Lipinski definition) is 1. The van der Waals surface area contributed by atoms with Crippen LogP contribution in [0, 0.1) is 6.92 Å². The first-order valence-corrected chi connectivity index (χ1v) is 6.91. The molecule has 0 saturated heterocycles. The van der Waals surface area contributed by atoms with Gasteiger partial charge in [0.25, 0.3) is 0 Å². The minimum Gasteiger partial charge on any atom is -0.507 e. The van der Waals surface area contributed by atoms with E-state index in [9.17, 15) is 5.11 Å². The minimum atomic E-state index is 0.0913. The third-order valence-corrected chi connectivity index (χ3v) is 4.12. The standard InChI is InChI=1S/C17H21NO/c1-11-6-5-7-13-15(19)10-14-12(16(11)13)8-9-18(14)17(2,3)4/h5-7,10,19H,8-9H2,1-4H3. The van der Waals surface area contributed by atoms with Gasteiger partial charge in [0, 0.05) is 29.2 Å². The summed E-state index contributed by atoms with van der Waals surface area (Å²) in [5.41, 5.74) is 3.93. The van der Waals surface area contributed by atoms with Crippen molar-refractivity contribution >= 4 is 16.5 Å². The number of hydrogen-bond acceptors (Lipinski definition) is 2. The third-order valence-electron chi connectivity index (χ3n) is 4.12. The SMILES string of the molecule is Cc1cccc2c(O)cc3c(c12)CCN3C(C)(C)C. The number of anilines is 1. The van der Waals surface area contributed by atoms with Gasteiger partial charge in [-0.25, -0.2) is 0 Å². The Kier molecular flexibility index (Phi) is 2.53. The van der Waals surface area contributed by atoms with Gasteiger partial charge >= 0.3 is 0 Å². The lowest BCUT2D eigenvalue weighted by Gasteiger charge is -2.34. The van der Waals surface area contributed by atoms with Gasteiger partial charge in [0.05, 0.1) is 0 Å². The molecule has 1 heterocycles. The van der Waals surface area contributed by atoms with Crippen LogP contribution >= 0.6 is 0 Å². The van der Waals surface area contributed by atoms with Crippen molar-refractivity contribution in [3.05, 3.63) is 35.4 Å². The second-order valence-corrected chi connectivity index (χ2v) is 6.46. The van der Waals surface area contributed by atoms with Gasteiger partial charge in [-0.2, -0.15) is 0 Å². The number of aryl methyl sites for hydroxylation is 1. The maximum absolute atomic E-state index is 10.3. The highest BCUT2D eigenvalue weighted by Crippen LogP contribution is 2.42. The molecule has 100 valence electrons. The highest BCUT2D eigenvalue weighted by molar-refractivity contribution is 5.98. The van der Waals surface area contributed by atoms with Crippen LogP contribution < -0.4 is 4.90 Å². The van der Waals surface area contributed by atoms with Gasteiger partial charge in [0.1, 0.15) is 5.75 Å². The van der Waals surface area contributed by atoms with Crippen molar-refractivity contribution in [2.75, 3.05) is 11.4 Å². The molecule has 0 atom stereocenters. The van der Waals surface area contributed by atoms with E-state index >= 15 is 0 Å². The predicted octanol–water partition coefficient (Wildman–Crippen LogP) is 4.01. The van der Waals surface area contributed by atoms with E-state index in [4.69, 9.17) is 0 Å². The van der Waals surface area contributed by atoms with E-state index in [0.29, 0.717) is 5.75 Å². The van der Waals surface area contributed by atoms with Crippen molar-refractivity contribution in [2.45, 2.75) is 39.7 Å². The molecule has 2 nitrogen and oxygen atoms in total. The van der Waals surface area contributed by atoms with E-state index in [1.54, 1.807) is 0 Å². The van der Waals surface area contributed by atoms with Gasteiger partial charge in [-0.3, -0.25) is 0 Å². The lowest BCUT2D eigenvalue weighted by molar-refractivity contribution is 0.480. The molecular weight excluding hydrogens is 234 g/mol. The highest BCUT2D eigenvalue weighted by atomic mass is 16.3. The van der Waals surface area contributed by atoms with Crippen LogP contribution in [0.5, 0.6) is 5.75 Å². The Hall–Kier alpha value is -1.70. The number of phenols is 1. The Morgan fingerprint density at radius 1 is 1.21 bits per heavy atom. The molecule has 0 bridgehead atoms. The number of benzene rings is 2. The average Bonchev–Trinajstić information content (AvgIpc) is 2.72. The summed E-state index contributed by atoms with van der Waals surface area (Å²) in [7, 11) is 0. The van der Waals surface area contributed by atoms with Gasteiger partial charge in [-0.1, -0.05) is 18.2 Å². The summed E-state index contributed by atoms with van der Waals surface area (Å²) in [6.07, 6.45) is 1.06. The van der Waals surface area contributed by atoms with Crippen LogP contribution in [0.25, 0.3) is 10.8 Å². The van der Waals surface area contributed by atoms with Gasteiger partial charge in [-0.15, -0.1) is 0 Å². The zero-order valence-electron chi connectivity index (χ0n) is 12.1. The van der Waals surface area contributed by atoms with Crippen LogP contribution in [0.3, 0.4) is 0 Å². The molecule has 0 aromatic heterocycles. The summed E-state index contributed by atoms with van der Waals surface area (Å²) in [5, 5.41) is 12.5. The second-order valence-electron chi connectivity index (χ2n) is 6.46. The minimum absolute atomic E-state index is 0.0913. The molecule has 1 aliphatic heterocycles. The van der Waals surface area contributed by atoms with Gasteiger partial charge < -0.3 is 10.0 Å². The molecule has 2 aromatic carbocycles. The van der Waals surface area contributed by atoms with E-state index in [-0.39, 0.29) is 5.54 Å². The monoisotopic (exact) mass is 255 g/mol. The molecule has 0 spiro atoms. The van der Waals surface area contributed by atoms with Crippen LogP contribution in [0.2, 0.25) is 0 Å². The normalized spacial score (nSPS) is 15.1. The fourth-order valence-corrected chi connectivity index (χ4v) is 3.24. The summed E-state index contributed by atoms with van der Waals surface area (Å²) >= 11 is 0. The summed E-state index contributed by atoms with van der Waals surface area (Å²) in [6, 6.07) is 8.09. The average molecular weight is 255 g/mol. The fourth-order valence-electron chi connectivity index (χ4n) is 3.24. The molecule has 2 heteroatoms. The van der Waals surface area contributed by atoms with Crippen molar-refractivity contribution in [3.8, 4) is 5.75 Å². The molecule has 0 saturated carbocycles. The largest absolute Gasteiger partial charge is 0.507 e. The topological polar surface area (TPSA) is 23.5 Å². The fraction of sp³-hybridized carbons (Fsp3) is 0.412. The van der Waals surface area contributed by atoms with E-state index in [1.807, 2.05) is 18.2 Å². The van der Waals surface area contributed by atoms with Crippen LogP contribution in [0.1, 0.15) is 31.9 Å². The van der Waals surface area contributed by atoms with Crippen molar-refractivity contribution < 1.29 is 5.11 Å². The first-order valence-electron chi connectivity index (χ1n) is 6.91. The molecular formula is C17H21NO. The van der Waals surface area contributed by atoms with Crippen molar-refractivity contribution in [1.82, 2.24) is 0 Å². The number of nitrogens with zero attached hydrogens (tertiary/aromatic N) is 1. The predicted molar refractivity (Wildman–Crippen MR) is 81.2 cm³/mol. The smallest absolute Gasteiger partial charge is 0.125 e. The maximum Gasteiger partial charge on any atom is 0.125 e. The number of rotatable bonds is 0. The molecule has 1 aliphatic rings. The third kappa shape index (κ3) is 1.78. The quantitative estimate of drug-likeness (QED) is 0.768. The van der Waals surface area contributed by atoms with Crippen LogP contribution in [-0.2, 0) is 6.42 Å². The first kappa shape index (κ1) is 12.3. The summed E-state index contributed by atoms with van der Waals surface area (Å²) in [4.78, 5) is 2.40. The van der Waals surface area contributed by atoms with Crippen LogP contribution in [-0.4, -0.2) is 17.2 Å². The summed E-state index contributed by atoms with van der Waals surface area (Å²) < 4.78 is 0. The molecule has 0 amide bonds. The lowest BCUT2D eigenvalue weighted by Crippen LogP contribution is -2.40. The van der Waals surface area contributed by atoms with Crippen LogP contribution in [0.4, 0.5) is 5.69 Å². The van der Waals surface area contributed by atoms with Gasteiger partial charge in [0.2, 0.25) is 0 Å². The molecule has 0 radical (unpaired) electrons. The Morgan fingerprint density at radius 3 is 2.63 bits per heavy atom. The van der Waals surface area contributed by atoms with E-state index < -0.39 is 0 Å². The zero-order valence-corrected chi connectivity index (χ0v) is 12.1. The Morgan fingerprint density at radius 2 is 1.95 bits per heavy atom. The Bertz CT molecular complexity index is 652. The van der Waals surface area contributed by atoms with Crippen molar-refractivity contribution in [2.24, 2.45) is 0 Å². The number of aromatic hydroxyl groups is 1. The number of phenolic OH excluding ortho intramolecular Hbond substituents is 1. The zero-order chi connectivity index (χ0) is 13.8. The maximum atomic E-state index is 10.3. The molecule has 0 fully saturated rings. The van der Waals surface area contributed by atoms with E-state index in [2.05, 4.69) is 38.7 Å². The van der Waals surface area contributed by atoms with Crippen LogP contribution in [0.15, 0.2) is 24.3 Å². The Balaban J connectivity index is 2.33. The molecule has 3 rings (SSSR count). The van der Waals surface area contributed by atoms with Gasteiger partial charge in [-0.05, 0) is 50.6 Å². The summed E-state index contributed by atoms with van der Waals surface area (Å²) in [5.74, 6) is 0.397. The van der Waals surface area contributed by atoms with Crippen molar-refractivity contribution in [1.29, 1.82) is 0 Å². The highest BCUT2D eigenvalue weighted by Gasteiger charge is 2.30. The molecule has 19 heavy (non-hydrogen) atoms. The van der Waals surface area contributed by atoms with E-state index in [0.717, 1.165) is 18.4 Å². The van der Waals surface area contributed by atoms with E-state index in [1.165, 1.54) is 22.2 Å². The summed E-state index contributed by atoms with van der Waals surface area (Å²) in [6.45, 7) is 9.83. The molecule has 0 unspecified atom stereocenters.